The first kappa shape index (κ1) is 16.6. The molecular formula is C18H20FNO4. The predicted octanol–water partition coefficient (Wildman–Crippen LogP) is 2.70. The summed E-state index contributed by atoms with van der Waals surface area (Å²) >= 11 is 0. The number of anilines is 1. The Balaban J connectivity index is 1.48. The molecule has 2 aliphatic carbocycles. The van der Waals surface area contributed by atoms with Crippen molar-refractivity contribution in [2.24, 2.45) is 17.8 Å². The van der Waals surface area contributed by atoms with Crippen LogP contribution >= 0.6 is 0 Å². The maximum Gasteiger partial charge on any atom is 0.309 e. The SMILES string of the molecule is O=C(COC(=O)C1C[C@H]2CCC[C@H](C1)C2=O)Nc1cccc(F)c1. The van der Waals surface area contributed by atoms with Gasteiger partial charge in [0.15, 0.2) is 6.61 Å². The maximum atomic E-state index is 13.1. The average Bonchev–Trinajstić information content (AvgIpc) is 2.52. The number of hydrogen-bond donors (Lipinski definition) is 1. The molecule has 1 amide bonds. The molecule has 1 N–H and O–H groups in total. The topological polar surface area (TPSA) is 72.5 Å². The molecule has 0 heterocycles. The number of rotatable bonds is 4. The minimum Gasteiger partial charge on any atom is -0.455 e. The fourth-order valence-corrected chi connectivity index (χ4v) is 3.69. The number of ketones is 1. The lowest BCUT2D eigenvalue weighted by molar-refractivity contribution is -0.155. The molecule has 24 heavy (non-hydrogen) atoms. The van der Waals surface area contributed by atoms with Gasteiger partial charge in [-0.05, 0) is 43.9 Å². The highest BCUT2D eigenvalue weighted by Gasteiger charge is 2.41. The number of esters is 1. The van der Waals surface area contributed by atoms with Crippen LogP contribution in [0.2, 0.25) is 0 Å². The van der Waals surface area contributed by atoms with E-state index in [1.807, 2.05) is 0 Å². The van der Waals surface area contributed by atoms with Crippen LogP contribution in [0.1, 0.15) is 32.1 Å². The molecule has 1 aromatic carbocycles. The summed E-state index contributed by atoms with van der Waals surface area (Å²) < 4.78 is 18.1. The van der Waals surface area contributed by atoms with Crippen LogP contribution in [-0.2, 0) is 19.1 Å². The van der Waals surface area contributed by atoms with Gasteiger partial charge in [0.05, 0.1) is 5.92 Å². The summed E-state index contributed by atoms with van der Waals surface area (Å²) in [7, 11) is 0. The molecule has 0 spiro atoms. The van der Waals surface area contributed by atoms with Crippen LogP contribution in [0.15, 0.2) is 24.3 Å². The lowest BCUT2D eigenvalue weighted by Gasteiger charge is -2.36. The fourth-order valence-electron chi connectivity index (χ4n) is 3.69. The summed E-state index contributed by atoms with van der Waals surface area (Å²) in [5.74, 6) is -1.47. The van der Waals surface area contributed by atoms with Gasteiger partial charge in [0.1, 0.15) is 11.6 Å². The number of carbonyl (C=O) groups is 3. The van der Waals surface area contributed by atoms with Crippen molar-refractivity contribution >= 4 is 23.3 Å². The first-order valence-corrected chi connectivity index (χ1v) is 8.28. The number of Topliss-reactive ketones (excluding diaryl/α,β-unsaturated/α-hetero) is 1. The number of hydrogen-bond acceptors (Lipinski definition) is 4. The first-order valence-electron chi connectivity index (χ1n) is 8.28. The molecule has 2 saturated carbocycles. The molecule has 128 valence electrons. The predicted molar refractivity (Wildman–Crippen MR) is 84.6 cm³/mol. The third-order valence-corrected chi connectivity index (χ3v) is 4.84. The van der Waals surface area contributed by atoms with E-state index in [2.05, 4.69) is 5.32 Å². The number of amides is 1. The van der Waals surface area contributed by atoms with Crippen LogP contribution in [0.25, 0.3) is 0 Å². The lowest BCUT2D eigenvalue weighted by Crippen LogP contribution is -2.40. The van der Waals surface area contributed by atoms with Gasteiger partial charge in [-0.1, -0.05) is 12.5 Å². The van der Waals surface area contributed by atoms with E-state index in [-0.39, 0.29) is 23.5 Å². The molecule has 0 radical (unpaired) electrons. The number of halogens is 1. The van der Waals surface area contributed by atoms with E-state index in [0.717, 1.165) is 19.3 Å². The Morgan fingerprint density at radius 1 is 1.21 bits per heavy atom. The van der Waals surface area contributed by atoms with Gasteiger partial charge in [0.25, 0.3) is 5.91 Å². The highest BCUT2D eigenvalue weighted by molar-refractivity contribution is 5.93. The standard InChI is InChI=1S/C18H20FNO4/c19-14-5-2-6-15(9-14)20-16(21)10-24-18(23)13-7-11-3-1-4-12(8-13)17(11)22/h2,5-6,9,11-13H,1,3-4,7-8,10H2,(H,20,21)/t11-,12-/m1/s1. The third-order valence-electron chi connectivity index (χ3n) is 4.84. The lowest BCUT2D eigenvalue weighted by atomic mass is 9.67. The molecular weight excluding hydrogens is 313 g/mol. The van der Waals surface area contributed by atoms with Gasteiger partial charge in [-0.2, -0.15) is 0 Å². The van der Waals surface area contributed by atoms with Crippen molar-refractivity contribution in [3.8, 4) is 0 Å². The van der Waals surface area contributed by atoms with Crippen LogP contribution in [0, 0.1) is 23.6 Å². The van der Waals surface area contributed by atoms with E-state index >= 15 is 0 Å². The summed E-state index contributed by atoms with van der Waals surface area (Å²) in [6, 6.07) is 5.50. The Morgan fingerprint density at radius 2 is 1.92 bits per heavy atom. The Morgan fingerprint density at radius 3 is 2.58 bits per heavy atom. The fraction of sp³-hybridized carbons (Fsp3) is 0.500. The third kappa shape index (κ3) is 3.80. The van der Waals surface area contributed by atoms with E-state index < -0.39 is 24.3 Å². The summed E-state index contributed by atoms with van der Waals surface area (Å²) in [5.41, 5.74) is 0.314. The van der Waals surface area contributed by atoms with Crippen molar-refractivity contribution < 1.29 is 23.5 Å². The quantitative estimate of drug-likeness (QED) is 0.860. The Labute approximate surface area is 139 Å². The molecule has 6 heteroatoms. The van der Waals surface area contributed by atoms with Gasteiger partial charge in [-0.3, -0.25) is 14.4 Å². The number of ether oxygens (including phenoxy) is 1. The van der Waals surface area contributed by atoms with Crippen molar-refractivity contribution in [2.75, 3.05) is 11.9 Å². The smallest absolute Gasteiger partial charge is 0.309 e. The first-order chi connectivity index (χ1) is 11.5. The number of nitrogens with one attached hydrogen (secondary N) is 1. The largest absolute Gasteiger partial charge is 0.455 e. The molecule has 3 rings (SSSR count). The molecule has 2 aliphatic rings. The van der Waals surface area contributed by atoms with E-state index in [9.17, 15) is 18.8 Å². The Hall–Kier alpha value is -2.24. The van der Waals surface area contributed by atoms with Gasteiger partial charge in [-0.15, -0.1) is 0 Å². The van der Waals surface area contributed by atoms with Crippen molar-refractivity contribution in [3.63, 3.8) is 0 Å². The highest BCUT2D eigenvalue weighted by Crippen LogP contribution is 2.40. The second-order valence-corrected chi connectivity index (χ2v) is 6.56. The van der Waals surface area contributed by atoms with Gasteiger partial charge in [-0.25, -0.2) is 4.39 Å². The second kappa shape index (κ2) is 7.11. The monoisotopic (exact) mass is 333 g/mol. The van der Waals surface area contributed by atoms with Crippen molar-refractivity contribution in [1.82, 2.24) is 0 Å². The normalized spacial score (nSPS) is 25.9. The van der Waals surface area contributed by atoms with E-state index in [1.165, 1.54) is 18.2 Å². The molecule has 0 aromatic heterocycles. The van der Waals surface area contributed by atoms with E-state index in [1.54, 1.807) is 6.07 Å². The summed E-state index contributed by atoms with van der Waals surface area (Å²) in [4.78, 5) is 36.0. The summed E-state index contributed by atoms with van der Waals surface area (Å²) in [5, 5.41) is 2.48. The van der Waals surface area contributed by atoms with Gasteiger partial charge >= 0.3 is 5.97 Å². The zero-order valence-corrected chi connectivity index (χ0v) is 13.3. The molecule has 0 unspecified atom stereocenters. The Kier molecular flexibility index (Phi) is 4.92. The molecule has 5 nitrogen and oxygen atoms in total. The minimum atomic E-state index is -0.513. The zero-order chi connectivity index (χ0) is 17.1. The van der Waals surface area contributed by atoms with Crippen LogP contribution in [-0.4, -0.2) is 24.3 Å². The number of carbonyl (C=O) groups excluding carboxylic acids is 3. The van der Waals surface area contributed by atoms with Crippen molar-refractivity contribution in [1.29, 1.82) is 0 Å². The molecule has 0 aliphatic heterocycles. The second-order valence-electron chi connectivity index (χ2n) is 6.56. The summed E-state index contributed by atoms with van der Waals surface area (Å²) in [6.45, 7) is -0.408. The zero-order valence-electron chi connectivity index (χ0n) is 13.3. The molecule has 2 atom stereocenters. The highest BCUT2D eigenvalue weighted by atomic mass is 19.1. The van der Waals surface area contributed by atoms with Gasteiger partial charge in [0.2, 0.25) is 0 Å². The van der Waals surface area contributed by atoms with Crippen LogP contribution in [0.4, 0.5) is 10.1 Å². The maximum absolute atomic E-state index is 13.1. The Bertz CT molecular complexity index is 644. The number of benzene rings is 1. The van der Waals surface area contributed by atoms with Gasteiger partial charge in [0, 0.05) is 17.5 Å². The molecule has 2 fully saturated rings. The molecule has 0 saturated heterocycles. The van der Waals surface area contributed by atoms with E-state index in [0.29, 0.717) is 18.5 Å². The average molecular weight is 333 g/mol. The van der Waals surface area contributed by atoms with E-state index in [4.69, 9.17) is 4.74 Å². The van der Waals surface area contributed by atoms with Crippen LogP contribution in [0.5, 0.6) is 0 Å². The van der Waals surface area contributed by atoms with Crippen molar-refractivity contribution in [2.45, 2.75) is 32.1 Å². The molecule has 2 bridgehead atoms. The minimum absolute atomic E-state index is 0.0313. The van der Waals surface area contributed by atoms with Crippen LogP contribution in [0.3, 0.4) is 0 Å². The summed E-state index contributed by atoms with van der Waals surface area (Å²) in [6.07, 6.45) is 3.79. The van der Waals surface area contributed by atoms with Crippen LogP contribution < -0.4 is 5.32 Å². The van der Waals surface area contributed by atoms with Crippen molar-refractivity contribution in [3.05, 3.63) is 30.1 Å². The number of fused-ring (bicyclic) bond motifs is 2. The molecule has 1 aromatic rings. The van der Waals surface area contributed by atoms with Gasteiger partial charge < -0.3 is 10.1 Å².